The summed E-state index contributed by atoms with van der Waals surface area (Å²) in [4.78, 5) is 8.57. The molecule has 0 spiro atoms. The van der Waals surface area contributed by atoms with Gasteiger partial charge in [0.15, 0.2) is 0 Å². The number of aliphatic hydroxyl groups is 1. The lowest BCUT2D eigenvalue weighted by atomic mass is 10.4. The molecule has 0 aliphatic heterocycles. The van der Waals surface area contributed by atoms with E-state index in [0.29, 0.717) is 13.2 Å². The first kappa shape index (κ1) is 12.9. The Bertz CT molecular complexity index is 318. The Balaban J connectivity index is 2.23. The highest BCUT2D eigenvalue weighted by Crippen LogP contribution is 2.08. The summed E-state index contributed by atoms with van der Waals surface area (Å²) in [6.45, 7) is 5.77. The Hall–Kier alpha value is -1.20. The number of rotatable bonds is 7. The highest BCUT2D eigenvalue weighted by atomic mass is 16.5. The Morgan fingerprint density at radius 2 is 2.19 bits per heavy atom. The largest absolute Gasteiger partial charge is 0.394 e. The standard InChI is InChI=1S/C11H19N3O2/c1-9-8-13-10(2)11(14-9)12-4-3-6-16-7-5-15/h8,15H,3-7H2,1-2H3,(H,12,14). The quantitative estimate of drug-likeness (QED) is 0.675. The van der Waals surface area contributed by atoms with E-state index in [-0.39, 0.29) is 6.61 Å². The molecule has 5 nitrogen and oxygen atoms in total. The zero-order valence-corrected chi connectivity index (χ0v) is 9.86. The van der Waals surface area contributed by atoms with E-state index in [4.69, 9.17) is 9.84 Å². The number of aliphatic hydroxyl groups excluding tert-OH is 1. The molecule has 0 atom stereocenters. The minimum atomic E-state index is 0.0793. The number of nitrogens with zero attached hydrogens (tertiary/aromatic N) is 2. The number of aryl methyl sites for hydroxylation is 2. The van der Waals surface area contributed by atoms with Gasteiger partial charge in [0.1, 0.15) is 5.82 Å². The molecule has 2 N–H and O–H groups in total. The van der Waals surface area contributed by atoms with Crippen LogP contribution in [0.4, 0.5) is 5.82 Å². The van der Waals surface area contributed by atoms with Gasteiger partial charge in [0.25, 0.3) is 0 Å². The topological polar surface area (TPSA) is 67.3 Å². The molecule has 0 radical (unpaired) electrons. The third-order valence-corrected chi connectivity index (χ3v) is 2.07. The summed E-state index contributed by atoms with van der Waals surface area (Å²) in [6, 6.07) is 0. The van der Waals surface area contributed by atoms with Crippen LogP contribution in [0.2, 0.25) is 0 Å². The van der Waals surface area contributed by atoms with Crippen LogP contribution in [0.5, 0.6) is 0 Å². The molecule has 0 bridgehead atoms. The molecule has 1 aromatic heterocycles. The number of hydrogen-bond acceptors (Lipinski definition) is 5. The zero-order chi connectivity index (χ0) is 11.8. The number of nitrogens with one attached hydrogen (secondary N) is 1. The molecule has 0 unspecified atom stereocenters. The van der Waals surface area contributed by atoms with Crippen LogP contribution >= 0.6 is 0 Å². The van der Waals surface area contributed by atoms with Crippen molar-refractivity contribution in [1.29, 1.82) is 0 Å². The molecular formula is C11H19N3O2. The third-order valence-electron chi connectivity index (χ3n) is 2.07. The summed E-state index contributed by atoms with van der Waals surface area (Å²) in [5.41, 5.74) is 1.81. The van der Waals surface area contributed by atoms with Crippen molar-refractivity contribution in [3.8, 4) is 0 Å². The molecule has 0 aliphatic carbocycles. The molecule has 0 fully saturated rings. The summed E-state index contributed by atoms with van der Waals surface area (Å²) in [6.07, 6.45) is 2.64. The smallest absolute Gasteiger partial charge is 0.147 e. The third kappa shape index (κ3) is 4.55. The van der Waals surface area contributed by atoms with Crippen molar-refractivity contribution in [1.82, 2.24) is 9.97 Å². The minimum Gasteiger partial charge on any atom is -0.394 e. The molecular weight excluding hydrogens is 206 g/mol. The van der Waals surface area contributed by atoms with Gasteiger partial charge in [-0.1, -0.05) is 0 Å². The van der Waals surface area contributed by atoms with E-state index in [0.717, 1.165) is 30.2 Å². The lowest BCUT2D eigenvalue weighted by molar-refractivity contribution is 0.0922. The molecule has 16 heavy (non-hydrogen) atoms. The van der Waals surface area contributed by atoms with Crippen molar-refractivity contribution in [2.45, 2.75) is 20.3 Å². The van der Waals surface area contributed by atoms with Gasteiger partial charge in [-0.2, -0.15) is 0 Å². The summed E-state index contributed by atoms with van der Waals surface area (Å²) < 4.78 is 5.15. The summed E-state index contributed by atoms with van der Waals surface area (Å²) in [5, 5.41) is 11.7. The summed E-state index contributed by atoms with van der Waals surface area (Å²) >= 11 is 0. The van der Waals surface area contributed by atoms with E-state index in [2.05, 4.69) is 15.3 Å². The molecule has 0 saturated carbocycles. The second-order valence-electron chi connectivity index (χ2n) is 3.56. The van der Waals surface area contributed by atoms with Gasteiger partial charge in [-0.15, -0.1) is 0 Å². The fourth-order valence-electron chi connectivity index (χ4n) is 1.25. The van der Waals surface area contributed by atoms with E-state index in [1.54, 1.807) is 6.20 Å². The van der Waals surface area contributed by atoms with Gasteiger partial charge in [0.05, 0.1) is 24.6 Å². The Kier molecular flexibility index (Phi) is 5.74. The minimum absolute atomic E-state index is 0.0793. The van der Waals surface area contributed by atoms with Crippen molar-refractivity contribution in [3.63, 3.8) is 0 Å². The first-order valence-electron chi connectivity index (χ1n) is 5.46. The lowest BCUT2D eigenvalue weighted by Gasteiger charge is -2.08. The molecule has 90 valence electrons. The van der Waals surface area contributed by atoms with Crippen LogP contribution in [-0.4, -0.2) is 41.4 Å². The van der Waals surface area contributed by atoms with Gasteiger partial charge in [0.2, 0.25) is 0 Å². The first-order chi connectivity index (χ1) is 7.74. The number of aromatic nitrogens is 2. The van der Waals surface area contributed by atoms with Crippen molar-refractivity contribution in [3.05, 3.63) is 17.6 Å². The van der Waals surface area contributed by atoms with Crippen LogP contribution in [0.25, 0.3) is 0 Å². The average Bonchev–Trinajstić information content (AvgIpc) is 2.28. The average molecular weight is 225 g/mol. The Labute approximate surface area is 95.9 Å². The van der Waals surface area contributed by atoms with Gasteiger partial charge in [-0.25, -0.2) is 4.98 Å². The molecule has 0 saturated heterocycles. The monoisotopic (exact) mass is 225 g/mol. The van der Waals surface area contributed by atoms with E-state index >= 15 is 0 Å². The van der Waals surface area contributed by atoms with Crippen molar-refractivity contribution >= 4 is 5.82 Å². The molecule has 1 rings (SSSR count). The first-order valence-corrected chi connectivity index (χ1v) is 5.46. The van der Waals surface area contributed by atoms with Crippen LogP contribution in [0.1, 0.15) is 17.8 Å². The highest BCUT2D eigenvalue weighted by molar-refractivity contribution is 5.39. The van der Waals surface area contributed by atoms with Gasteiger partial charge in [-0.05, 0) is 20.3 Å². The number of anilines is 1. The normalized spacial score (nSPS) is 10.4. The SMILES string of the molecule is Cc1cnc(C)c(NCCCOCCO)n1. The van der Waals surface area contributed by atoms with E-state index in [1.165, 1.54) is 0 Å². The van der Waals surface area contributed by atoms with E-state index in [9.17, 15) is 0 Å². The molecule has 0 amide bonds. The van der Waals surface area contributed by atoms with Gasteiger partial charge >= 0.3 is 0 Å². The predicted octanol–water partition coefficient (Wildman–Crippen LogP) is 0.904. The Morgan fingerprint density at radius 3 is 2.94 bits per heavy atom. The second kappa shape index (κ2) is 7.14. The lowest BCUT2D eigenvalue weighted by Crippen LogP contribution is -2.10. The van der Waals surface area contributed by atoms with Crippen LogP contribution < -0.4 is 5.32 Å². The molecule has 1 heterocycles. The van der Waals surface area contributed by atoms with Crippen molar-refractivity contribution < 1.29 is 9.84 Å². The maximum atomic E-state index is 8.51. The number of hydrogen-bond donors (Lipinski definition) is 2. The zero-order valence-electron chi connectivity index (χ0n) is 9.86. The second-order valence-corrected chi connectivity index (χ2v) is 3.56. The summed E-state index contributed by atoms with van der Waals surface area (Å²) in [7, 11) is 0. The number of ether oxygens (including phenoxy) is 1. The van der Waals surface area contributed by atoms with Gasteiger partial charge in [-0.3, -0.25) is 4.98 Å². The van der Waals surface area contributed by atoms with Crippen LogP contribution in [0, 0.1) is 13.8 Å². The van der Waals surface area contributed by atoms with Crippen LogP contribution in [0.15, 0.2) is 6.20 Å². The summed E-state index contributed by atoms with van der Waals surface area (Å²) in [5.74, 6) is 0.835. The maximum absolute atomic E-state index is 8.51. The molecule has 1 aromatic rings. The molecule has 0 aromatic carbocycles. The van der Waals surface area contributed by atoms with Crippen LogP contribution in [-0.2, 0) is 4.74 Å². The van der Waals surface area contributed by atoms with Crippen LogP contribution in [0.3, 0.4) is 0 Å². The molecule has 5 heteroatoms. The van der Waals surface area contributed by atoms with E-state index in [1.807, 2.05) is 13.8 Å². The Morgan fingerprint density at radius 1 is 1.38 bits per heavy atom. The highest BCUT2D eigenvalue weighted by Gasteiger charge is 2.00. The maximum Gasteiger partial charge on any atom is 0.147 e. The van der Waals surface area contributed by atoms with Crippen molar-refractivity contribution in [2.75, 3.05) is 31.7 Å². The fraction of sp³-hybridized carbons (Fsp3) is 0.636. The fourth-order valence-corrected chi connectivity index (χ4v) is 1.25. The van der Waals surface area contributed by atoms with Gasteiger partial charge < -0.3 is 15.2 Å². The molecule has 0 aliphatic rings. The predicted molar refractivity (Wildman–Crippen MR) is 62.5 cm³/mol. The van der Waals surface area contributed by atoms with E-state index < -0.39 is 0 Å². The van der Waals surface area contributed by atoms with Gasteiger partial charge in [0, 0.05) is 19.3 Å². The van der Waals surface area contributed by atoms with Crippen molar-refractivity contribution in [2.24, 2.45) is 0 Å².